The molecule has 20 N–H and O–H groups in total. The Labute approximate surface area is 658 Å². The molecule has 38 nitrogen and oxygen atoms in total. The van der Waals surface area contributed by atoms with Gasteiger partial charge < -0.3 is 178 Å². The van der Waals surface area contributed by atoms with Crippen LogP contribution in [-0.4, -0.2) is 374 Å². The van der Waals surface area contributed by atoms with E-state index in [9.17, 15) is 112 Å². The molecule has 5 aliphatic carbocycles. The quantitative estimate of drug-likeness (QED) is 0.0220. The van der Waals surface area contributed by atoms with E-state index in [2.05, 4.69) is 19.9 Å². The minimum absolute atomic E-state index is 0.0413. The van der Waals surface area contributed by atoms with E-state index in [4.69, 9.17) is 71.1 Å². The standard InChI is InChI=1S/C76H122O38/c1-12-27(2)62(98)108-56-29(4)103-68(60(54(56)96)112-67-55(97)59(111-65-52(94)48(90)44(86)34(22-77)104-65)57(30(5)102-67)109-63-50(92)43(85)33(81)25-100-63)114-70(99)76-32(19-71(6,7)20-39(76)82)31-13-14-38-72(8)17-16-41(73(9,26-80)37(72)15-18-74(38,10)75(31,11)21-40(76)83)107-69-61(113-66-53(95)49(91)45(87)35(23-78)105-66)58(46(88)36(24-79)106-69)110-64-51(93)47(89)42(84)28(3)101-64/h13,26-30,32-61,63-69,77-79,81-97H,12,14-25H2,1-11H3/t27-,28-,29+,30-,32-,33+,34+,35+,36+,37+,38+,39+,40+,41-,42-,43-,44+,45-,46+,47+,48-,49-,50+,51+,52+,53+,54-,55+,56-,57-,58-,59-,60+,61+,63-,64-,65-,66-,67-,68-,69-,72-,73-,74+,75+,76-/m0/s1. The van der Waals surface area contributed by atoms with Crippen molar-refractivity contribution in [1.29, 1.82) is 0 Å². The third-order valence-electron chi connectivity index (χ3n) is 28.4. The van der Waals surface area contributed by atoms with E-state index in [0.717, 1.165) is 11.9 Å². The van der Waals surface area contributed by atoms with E-state index in [1.165, 1.54) is 20.8 Å². The largest absolute Gasteiger partial charge is 0.457 e. The molecule has 12 aliphatic rings. The molecule has 0 aromatic rings. The number of aliphatic hydroxyl groups excluding tert-OH is 20. The molecule has 114 heavy (non-hydrogen) atoms. The average Bonchev–Trinajstić information content (AvgIpc) is 0.669. The van der Waals surface area contributed by atoms with Crippen LogP contribution in [0.1, 0.15) is 134 Å². The van der Waals surface area contributed by atoms with Crippen LogP contribution < -0.4 is 0 Å². The van der Waals surface area contributed by atoms with Crippen molar-refractivity contribution in [1.82, 2.24) is 0 Å². The lowest BCUT2D eigenvalue weighted by Gasteiger charge is -2.71. The Balaban J connectivity index is 0.844. The lowest BCUT2D eigenvalue weighted by atomic mass is 9.33. The van der Waals surface area contributed by atoms with Gasteiger partial charge in [0, 0.05) is 5.92 Å². The first-order valence-electron chi connectivity index (χ1n) is 39.9. The first-order chi connectivity index (χ1) is 53.5. The van der Waals surface area contributed by atoms with Crippen LogP contribution in [0.5, 0.6) is 0 Å². The molecule has 0 bridgehead atoms. The smallest absolute Gasteiger partial charge is 0.320 e. The Morgan fingerprint density at radius 1 is 0.482 bits per heavy atom. The lowest BCUT2D eigenvalue weighted by Crippen LogP contribution is -2.71. The Morgan fingerprint density at radius 2 is 0.974 bits per heavy atom. The fourth-order valence-electron chi connectivity index (χ4n) is 21.3. The number of allylic oxidation sites excluding steroid dienone is 2. The second-order valence-corrected chi connectivity index (χ2v) is 35.8. The highest BCUT2D eigenvalue weighted by Crippen LogP contribution is 2.76. The van der Waals surface area contributed by atoms with Crippen LogP contribution in [0, 0.1) is 56.2 Å². The summed E-state index contributed by atoms with van der Waals surface area (Å²) < 4.78 is 92.4. The van der Waals surface area contributed by atoms with Crippen molar-refractivity contribution in [3.8, 4) is 0 Å². The van der Waals surface area contributed by atoms with E-state index >= 15 is 4.79 Å². The Morgan fingerprint density at radius 3 is 1.56 bits per heavy atom. The highest BCUT2D eigenvalue weighted by molar-refractivity contribution is 5.81. The van der Waals surface area contributed by atoms with Gasteiger partial charge in [0.25, 0.3) is 0 Å². The van der Waals surface area contributed by atoms with E-state index in [1.54, 1.807) is 20.8 Å². The normalized spacial score (nSPS) is 53.9. The van der Waals surface area contributed by atoms with Crippen molar-refractivity contribution in [2.45, 2.75) is 361 Å². The number of hydrogen-bond acceptors (Lipinski definition) is 38. The van der Waals surface area contributed by atoms with Gasteiger partial charge in [-0.25, -0.2) is 0 Å². The van der Waals surface area contributed by atoms with Crippen LogP contribution in [-0.2, 0) is 85.4 Å². The van der Waals surface area contributed by atoms with Gasteiger partial charge in [0.1, 0.15) is 146 Å². The molecule has 4 saturated carbocycles. The second-order valence-electron chi connectivity index (χ2n) is 35.8. The van der Waals surface area contributed by atoms with Crippen molar-refractivity contribution in [2.24, 2.45) is 56.2 Å². The molecule has 38 heteroatoms. The highest BCUT2D eigenvalue weighted by Gasteiger charge is 2.75. The van der Waals surface area contributed by atoms with Crippen molar-refractivity contribution < 1.29 is 188 Å². The Bertz CT molecular complexity index is 3320. The van der Waals surface area contributed by atoms with Gasteiger partial charge in [0.05, 0.1) is 74.4 Å². The monoisotopic (exact) mass is 1640 g/mol. The first-order valence-corrected chi connectivity index (χ1v) is 39.9. The molecule has 0 aromatic heterocycles. The molecule has 12 rings (SSSR count). The molecular weight excluding hydrogens is 1520 g/mol. The summed E-state index contributed by atoms with van der Waals surface area (Å²) in [7, 11) is 0. The summed E-state index contributed by atoms with van der Waals surface area (Å²) in [5, 5.41) is 225. The lowest BCUT2D eigenvalue weighted by molar-refractivity contribution is -0.398. The van der Waals surface area contributed by atoms with Gasteiger partial charge >= 0.3 is 11.9 Å². The average molecular weight is 1640 g/mol. The molecule has 7 heterocycles. The van der Waals surface area contributed by atoms with Crippen LogP contribution in [0.15, 0.2) is 11.6 Å². The number of fused-ring (bicyclic) bond motifs is 7. The number of rotatable bonds is 21. The Kier molecular flexibility index (Phi) is 27.2. The molecule has 0 amide bonds. The zero-order valence-corrected chi connectivity index (χ0v) is 65.8. The number of aldehydes is 1. The fourth-order valence-corrected chi connectivity index (χ4v) is 21.3. The van der Waals surface area contributed by atoms with Gasteiger partial charge in [0.2, 0.25) is 6.29 Å². The van der Waals surface area contributed by atoms with Gasteiger partial charge in [-0.1, -0.05) is 67.0 Å². The highest BCUT2D eigenvalue weighted by atomic mass is 16.8. The molecule has 7 aliphatic heterocycles. The van der Waals surface area contributed by atoms with Crippen molar-refractivity contribution in [2.75, 3.05) is 26.4 Å². The number of ether oxygens (including phenoxy) is 15. The fraction of sp³-hybridized carbons (Fsp3) is 0.934. The Hall–Kier alpha value is -2.97. The van der Waals surface area contributed by atoms with Gasteiger partial charge in [-0.2, -0.15) is 0 Å². The summed E-state index contributed by atoms with van der Waals surface area (Å²) in [5.74, 6) is -4.47. The van der Waals surface area contributed by atoms with Crippen LogP contribution in [0.25, 0.3) is 0 Å². The maximum Gasteiger partial charge on any atom is 0.320 e. The number of carbonyl (C=O) groups is 3. The zero-order valence-electron chi connectivity index (χ0n) is 65.8. The summed E-state index contributed by atoms with van der Waals surface area (Å²) in [4.78, 5) is 44.3. The topological polar surface area (TPSA) is 594 Å². The summed E-state index contributed by atoms with van der Waals surface area (Å²) in [6.45, 7) is 16.1. The maximum absolute atomic E-state index is 16.2. The molecule has 0 aromatic carbocycles. The minimum atomic E-state index is -2.21. The van der Waals surface area contributed by atoms with Gasteiger partial charge in [-0.15, -0.1) is 0 Å². The van der Waals surface area contributed by atoms with Crippen LogP contribution in [0.4, 0.5) is 0 Å². The van der Waals surface area contributed by atoms with Crippen molar-refractivity contribution in [3.05, 3.63) is 11.6 Å². The second kappa shape index (κ2) is 34.4. The van der Waals surface area contributed by atoms with E-state index in [1.807, 2.05) is 20.8 Å². The van der Waals surface area contributed by atoms with Crippen LogP contribution in [0.3, 0.4) is 0 Å². The predicted octanol–water partition coefficient (Wildman–Crippen LogP) is -6.12. The number of esters is 2. The summed E-state index contributed by atoms with van der Waals surface area (Å²) in [5.41, 5.74) is -6.12. The summed E-state index contributed by atoms with van der Waals surface area (Å²) in [6, 6.07) is 0. The first kappa shape index (κ1) is 90.3. The van der Waals surface area contributed by atoms with Gasteiger partial charge in [0.15, 0.2) is 49.9 Å². The summed E-state index contributed by atoms with van der Waals surface area (Å²) >= 11 is 0. The van der Waals surface area contributed by atoms with E-state index in [0.29, 0.717) is 32.1 Å². The number of hydrogen-bond donors (Lipinski definition) is 20. The predicted molar refractivity (Wildman–Crippen MR) is 377 cm³/mol. The number of aliphatic hydroxyl groups is 20. The minimum Gasteiger partial charge on any atom is -0.457 e. The maximum atomic E-state index is 16.2. The molecule has 654 valence electrons. The third-order valence-corrected chi connectivity index (χ3v) is 28.4. The molecule has 0 unspecified atom stereocenters. The molecule has 46 atom stereocenters. The molecular formula is C76H122O38. The SMILES string of the molecule is CC[C@H](C)C(=O)O[C@@H]1[C@H](O)[C@@H](O[C@@H]2O[C@@H](C)[C@H](O[C@@H]3OC[C@@H](O)[C@H](O)[C@H]3O)[C@@H](O[C@@H]3O[C@H](CO)[C@@H](O)[C@H](O)[C@H]3O)[C@H]2O)[C@H](OC(=O)[C@]23[C@H](O)CC(C)(C)C[C@H]2C2=CC[C@@H]4[C@@]5(C)CC[C@H](O[C@@H]6O[C@H](CO)[C@@H](O)[C@H](O[C@@H]7O[C@@H](C)[C@H](O)[C@@H](O)[C@H]7O)[C@H]6O[C@@H]6O[C@H](CO)[C@H](O)[C@H](O)[C@H]6O)[C@@](C)(C=O)[C@@H]5CC[C@@]4(C)[C@]2(C)C[C@H]3O)O[C@@H]1C. The van der Waals surface area contributed by atoms with Crippen LogP contribution >= 0.6 is 0 Å². The van der Waals surface area contributed by atoms with Crippen molar-refractivity contribution in [3.63, 3.8) is 0 Å². The van der Waals surface area contributed by atoms with Gasteiger partial charge in [-0.3, -0.25) is 9.59 Å². The van der Waals surface area contributed by atoms with Crippen LogP contribution in [0.2, 0.25) is 0 Å². The molecule has 11 fully saturated rings. The van der Waals surface area contributed by atoms with Gasteiger partial charge in [-0.05, 0) is 112 Å². The summed E-state index contributed by atoms with van der Waals surface area (Å²) in [6.07, 6.45) is -61.0. The van der Waals surface area contributed by atoms with E-state index in [-0.39, 0.29) is 31.6 Å². The molecule has 0 spiro atoms. The number of carbonyl (C=O) groups excluding carboxylic acids is 3. The third kappa shape index (κ3) is 15.6. The zero-order chi connectivity index (χ0) is 83.6. The van der Waals surface area contributed by atoms with E-state index < -0.39 is 316 Å². The molecule has 7 saturated heterocycles. The van der Waals surface area contributed by atoms with Crippen molar-refractivity contribution >= 4 is 18.2 Å². The molecule has 0 radical (unpaired) electrons.